The highest BCUT2D eigenvalue weighted by Crippen LogP contribution is 2.30. The lowest BCUT2D eigenvalue weighted by molar-refractivity contribution is -0.140. The maximum absolute atomic E-state index is 14.0. The average molecular weight is 625 g/mol. The van der Waals surface area contributed by atoms with Gasteiger partial charge in [0.15, 0.2) is 0 Å². The van der Waals surface area contributed by atoms with E-state index < -0.39 is 28.5 Å². The molecule has 3 aromatic rings. The van der Waals surface area contributed by atoms with Gasteiger partial charge in [-0.1, -0.05) is 90.6 Å². The first-order valence-electron chi connectivity index (χ1n) is 12.8. The van der Waals surface area contributed by atoms with Crippen LogP contribution in [-0.4, -0.2) is 50.5 Å². The van der Waals surface area contributed by atoms with Gasteiger partial charge < -0.3 is 10.2 Å². The van der Waals surface area contributed by atoms with Crippen molar-refractivity contribution in [3.63, 3.8) is 0 Å². The van der Waals surface area contributed by atoms with Crippen LogP contribution in [0.15, 0.2) is 72.8 Å². The number of carbonyl (C=O) groups is 2. The highest BCUT2D eigenvalue weighted by atomic mass is 35.5. The zero-order valence-electron chi connectivity index (χ0n) is 22.3. The molecule has 0 aliphatic rings. The summed E-state index contributed by atoms with van der Waals surface area (Å²) in [5.41, 5.74) is 1.65. The van der Waals surface area contributed by atoms with E-state index in [9.17, 15) is 18.0 Å². The first-order valence-corrected chi connectivity index (χ1v) is 15.8. The van der Waals surface area contributed by atoms with E-state index in [1.165, 1.54) is 23.1 Å². The van der Waals surface area contributed by atoms with Crippen LogP contribution in [-0.2, 0) is 32.6 Å². The Kier molecular flexibility index (Phi) is 11.7. The molecule has 3 rings (SSSR count). The molecule has 0 aliphatic heterocycles. The van der Waals surface area contributed by atoms with Crippen molar-refractivity contribution in [3.8, 4) is 0 Å². The number of carbonyl (C=O) groups excluding carboxylic acids is 2. The molecule has 2 amide bonds. The molecule has 1 unspecified atom stereocenters. The minimum atomic E-state index is -3.95. The van der Waals surface area contributed by atoms with Crippen LogP contribution in [0.25, 0.3) is 0 Å². The quantitative estimate of drug-likeness (QED) is 0.238. The van der Waals surface area contributed by atoms with Gasteiger partial charge in [-0.15, -0.1) is 0 Å². The molecule has 0 spiro atoms. The van der Waals surface area contributed by atoms with Crippen LogP contribution in [0.5, 0.6) is 0 Å². The SMILES string of the molecule is CCCCNC(=O)C(Cc1ccccc1)N(Cc1cccc(Cl)c1)C(=O)CN(c1ccc(Cl)cc1Cl)S(C)(=O)=O. The summed E-state index contributed by atoms with van der Waals surface area (Å²) in [6.45, 7) is 1.93. The van der Waals surface area contributed by atoms with Crippen LogP contribution in [0.3, 0.4) is 0 Å². The fourth-order valence-electron chi connectivity index (χ4n) is 4.17. The van der Waals surface area contributed by atoms with Crippen molar-refractivity contribution in [3.05, 3.63) is 99.0 Å². The highest BCUT2D eigenvalue weighted by molar-refractivity contribution is 7.92. The third-order valence-electron chi connectivity index (χ3n) is 6.20. The average Bonchev–Trinajstić information content (AvgIpc) is 2.89. The third-order valence-corrected chi connectivity index (χ3v) is 8.10. The molecule has 40 heavy (non-hydrogen) atoms. The van der Waals surface area contributed by atoms with Crippen LogP contribution in [0.4, 0.5) is 5.69 Å². The third kappa shape index (κ3) is 9.13. The second-order valence-electron chi connectivity index (χ2n) is 9.37. The number of nitrogens with one attached hydrogen (secondary N) is 1. The predicted molar refractivity (Wildman–Crippen MR) is 163 cm³/mol. The molecule has 0 fully saturated rings. The maximum Gasteiger partial charge on any atom is 0.244 e. The summed E-state index contributed by atoms with van der Waals surface area (Å²) < 4.78 is 26.7. The van der Waals surface area contributed by atoms with Gasteiger partial charge in [-0.3, -0.25) is 13.9 Å². The number of sulfonamides is 1. The molecule has 0 aromatic heterocycles. The Balaban J connectivity index is 2.05. The molecule has 0 aliphatic carbocycles. The van der Waals surface area contributed by atoms with Crippen molar-refractivity contribution >= 4 is 62.3 Å². The number of amides is 2. The second kappa shape index (κ2) is 14.7. The number of unbranched alkanes of at least 4 members (excludes halogenated alkanes) is 1. The summed E-state index contributed by atoms with van der Waals surface area (Å²) in [4.78, 5) is 29.0. The first-order chi connectivity index (χ1) is 19.0. The van der Waals surface area contributed by atoms with Gasteiger partial charge in [0, 0.05) is 29.6 Å². The van der Waals surface area contributed by atoms with E-state index in [-0.39, 0.29) is 29.6 Å². The Morgan fingerprint density at radius 3 is 2.20 bits per heavy atom. The molecule has 1 atom stereocenters. The largest absolute Gasteiger partial charge is 0.354 e. The summed E-state index contributed by atoms with van der Waals surface area (Å²) in [6.07, 6.45) is 2.89. The fourth-order valence-corrected chi connectivity index (χ4v) is 5.81. The summed E-state index contributed by atoms with van der Waals surface area (Å²) >= 11 is 18.6. The van der Waals surface area contributed by atoms with Crippen molar-refractivity contribution in [1.29, 1.82) is 0 Å². The van der Waals surface area contributed by atoms with Gasteiger partial charge >= 0.3 is 0 Å². The lowest BCUT2D eigenvalue weighted by Gasteiger charge is -2.33. The zero-order chi connectivity index (χ0) is 29.3. The summed E-state index contributed by atoms with van der Waals surface area (Å²) in [6, 6.07) is 19.7. The van der Waals surface area contributed by atoms with Gasteiger partial charge in [-0.05, 0) is 47.9 Å². The molecule has 7 nitrogen and oxygen atoms in total. The van der Waals surface area contributed by atoms with Crippen molar-refractivity contribution < 1.29 is 18.0 Å². The topological polar surface area (TPSA) is 86.8 Å². The molecule has 0 bridgehead atoms. The first kappa shape index (κ1) is 31.7. The molecule has 0 saturated carbocycles. The van der Waals surface area contributed by atoms with Crippen molar-refractivity contribution in [2.24, 2.45) is 0 Å². The van der Waals surface area contributed by atoms with Crippen LogP contribution in [0, 0.1) is 0 Å². The molecule has 11 heteroatoms. The van der Waals surface area contributed by atoms with Gasteiger partial charge in [0.05, 0.1) is 17.0 Å². The molecule has 0 radical (unpaired) electrons. The molecular weight excluding hydrogens is 593 g/mol. The van der Waals surface area contributed by atoms with Crippen molar-refractivity contribution in [2.45, 2.75) is 38.8 Å². The van der Waals surface area contributed by atoms with Gasteiger partial charge in [-0.25, -0.2) is 8.42 Å². The normalized spacial score (nSPS) is 12.0. The van der Waals surface area contributed by atoms with Gasteiger partial charge in [0.1, 0.15) is 12.6 Å². The Bertz CT molecular complexity index is 1420. The zero-order valence-corrected chi connectivity index (χ0v) is 25.4. The van der Waals surface area contributed by atoms with Gasteiger partial charge in [0.2, 0.25) is 21.8 Å². The summed E-state index contributed by atoms with van der Waals surface area (Å²) in [5.74, 6) is -0.911. The number of hydrogen-bond donors (Lipinski definition) is 1. The van der Waals surface area contributed by atoms with Crippen LogP contribution in [0.2, 0.25) is 15.1 Å². The molecule has 3 aromatic carbocycles. The number of anilines is 1. The van der Waals surface area contributed by atoms with E-state index in [0.29, 0.717) is 22.2 Å². The van der Waals surface area contributed by atoms with E-state index in [0.717, 1.165) is 29.0 Å². The van der Waals surface area contributed by atoms with Crippen molar-refractivity contribution in [1.82, 2.24) is 10.2 Å². The Labute approximate surface area is 251 Å². The van der Waals surface area contributed by atoms with E-state index >= 15 is 0 Å². The van der Waals surface area contributed by atoms with E-state index in [1.54, 1.807) is 24.3 Å². The monoisotopic (exact) mass is 623 g/mol. The predicted octanol–water partition coefficient (Wildman–Crippen LogP) is 5.97. The standard InChI is InChI=1S/C29H32Cl3N3O4S/c1-3-4-15-33-29(37)27(17-21-9-6-5-7-10-21)34(19-22-11-8-12-23(30)16-22)28(36)20-35(40(2,38)39)26-14-13-24(31)18-25(26)32/h5-14,16,18,27H,3-4,15,17,19-20H2,1-2H3,(H,33,37). The molecule has 214 valence electrons. The fraction of sp³-hybridized carbons (Fsp3) is 0.310. The number of benzene rings is 3. The minimum absolute atomic E-state index is 0.0318. The maximum atomic E-state index is 14.0. The second-order valence-corrected chi connectivity index (χ2v) is 12.6. The number of rotatable bonds is 13. The van der Waals surface area contributed by atoms with Gasteiger partial charge in [0.25, 0.3) is 0 Å². The number of nitrogens with zero attached hydrogens (tertiary/aromatic N) is 2. The van der Waals surface area contributed by atoms with Gasteiger partial charge in [-0.2, -0.15) is 0 Å². The number of hydrogen-bond acceptors (Lipinski definition) is 4. The molecule has 0 saturated heterocycles. The molecular formula is C29H32Cl3N3O4S. The molecule has 1 N–H and O–H groups in total. The van der Waals surface area contributed by atoms with Crippen LogP contribution >= 0.6 is 34.8 Å². The van der Waals surface area contributed by atoms with E-state index in [1.807, 2.05) is 37.3 Å². The van der Waals surface area contributed by atoms with E-state index in [4.69, 9.17) is 34.8 Å². The Morgan fingerprint density at radius 2 is 1.57 bits per heavy atom. The van der Waals surface area contributed by atoms with E-state index in [2.05, 4.69) is 5.32 Å². The van der Waals surface area contributed by atoms with Crippen LogP contribution in [0.1, 0.15) is 30.9 Å². The summed E-state index contributed by atoms with van der Waals surface area (Å²) in [7, 11) is -3.95. The smallest absolute Gasteiger partial charge is 0.244 e. The Morgan fingerprint density at radius 1 is 0.900 bits per heavy atom. The highest BCUT2D eigenvalue weighted by Gasteiger charge is 2.33. The summed E-state index contributed by atoms with van der Waals surface area (Å²) in [5, 5.41) is 3.81. The Hall–Kier alpha value is -2.78. The minimum Gasteiger partial charge on any atom is -0.354 e. The molecule has 0 heterocycles. The number of halogens is 3. The lowest BCUT2D eigenvalue weighted by Crippen LogP contribution is -2.53. The lowest BCUT2D eigenvalue weighted by atomic mass is 10.0. The van der Waals surface area contributed by atoms with Crippen LogP contribution < -0.4 is 9.62 Å². The van der Waals surface area contributed by atoms with Crippen molar-refractivity contribution in [2.75, 3.05) is 23.7 Å².